The second kappa shape index (κ2) is 6.65. The Morgan fingerprint density at radius 2 is 2.10 bits per heavy atom. The third kappa shape index (κ3) is 4.60. The molecular weight excluding hydrogens is 262 g/mol. The number of rotatable bonds is 4. The minimum atomic E-state index is -0.173. The maximum absolute atomic E-state index is 12.1. The Morgan fingerprint density at radius 1 is 1.33 bits per heavy atom. The first-order valence-corrected chi connectivity index (χ1v) is 8.12. The molecular formula is C17H29N3O. The van der Waals surface area contributed by atoms with Gasteiger partial charge in [0, 0.05) is 24.0 Å². The number of aryl methyl sites for hydroxylation is 1. The van der Waals surface area contributed by atoms with Crippen molar-refractivity contribution in [1.29, 1.82) is 0 Å². The molecule has 1 aliphatic rings. The fourth-order valence-electron chi connectivity index (χ4n) is 3.09. The molecule has 0 aliphatic heterocycles. The highest BCUT2D eigenvalue weighted by atomic mass is 16.2. The van der Waals surface area contributed by atoms with E-state index in [2.05, 4.69) is 30.0 Å². The van der Waals surface area contributed by atoms with E-state index in [-0.39, 0.29) is 11.4 Å². The number of fused-ring (bicyclic) bond motifs is 1. The summed E-state index contributed by atoms with van der Waals surface area (Å²) in [5.41, 5.74) is 2.62. The number of amides is 1. The van der Waals surface area contributed by atoms with Gasteiger partial charge in [-0.05, 0) is 57.7 Å². The van der Waals surface area contributed by atoms with E-state index in [1.54, 1.807) is 0 Å². The quantitative estimate of drug-likeness (QED) is 0.838. The minimum Gasteiger partial charge on any atom is -0.350 e. The lowest BCUT2D eigenvalue weighted by atomic mass is 10.0. The summed E-state index contributed by atoms with van der Waals surface area (Å²) in [7, 11) is 0. The van der Waals surface area contributed by atoms with Gasteiger partial charge >= 0.3 is 0 Å². The molecule has 118 valence electrons. The molecule has 1 atom stereocenters. The van der Waals surface area contributed by atoms with Crippen molar-refractivity contribution in [2.45, 2.75) is 71.5 Å². The van der Waals surface area contributed by atoms with E-state index in [0.717, 1.165) is 13.0 Å². The third-order valence-electron chi connectivity index (χ3n) is 3.85. The first kappa shape index (κ1) is 16.1. The standard InChI is InChI=1S/C17H29N3O/c1-5-18-15-9-7-6-8-13-10-20(11-14(13)15)12-16(21)19-17(2,3)4/h10-11,15,18H,5-9,12H2,1-4H3,(H,19,21). The molecule has 1 aliphatic carbocycles. The van der Waals surface area contributed by atoms with E-state index in [0.29, 0.717) is 12.6 Å². The Hall–Kier alpha value is -1.29. The Bertz CT molecular complexity index is 485. The zero-order chi connectivity index (χ0) is 15.5. The molecule has 1 aromatic rings. The van der Waals surface area contributed by atoms with E-state index < -0.39 is 0 Å². The van der Waals surface area contributed by atoms with Crippen molar-refractivity contribution in [2.75, 3.05) is 6.54 Å². The first-order chi connectivity index (χ1) is 9.89. The molecule has 21 heavy (non-hydrogen) atoms. The summed E-state index contributed by atoms with van der Waals surface area (Å²) in [4.78, 5) is 12.1. The smallest absolute Gasteiger partial charge is 0.240 e. The van der Waals surface area contributed by atoms with Crippen LogP contribution < -0.4 is 10.6 Å². The van der Waals surface area contributed by atoms with Crippen LogP contribution in [0.1, 0.15) is 64.1 Å². The van der Waals surface area contributed by atoms with E-state index in [1.807, 2.05) is 25.3 Å². The molecule has 1 aromatic heterocycles. The second-order valence-corrected chi connectivity index (χ2v) is 7.07. The van der Waals surface area contributed by atoms with Crippen LogP contribution in [-0.4, -0.2) is 22.6 Å². The van der Waals surface area contributed by atoms with Gasteiger partial charge in [0.25, 0.3) is 0 Å². The topological polar surface area (TPSA) is 46.1 Å². The molecule has 2 N–H and O–H groups in total. The van der Waals surface area contributed by atoms with Crippen LogP contribution in [-0.2, 0) is 17.8 Å². The van der Waals surface area contributed by atoms with Crippen molar-refractivity contribution in [2.24, 2.45) is 0 Å². The summed E-state index contributed by atoms with van der Waals surface area (Å²) >= 11 is 0. The fourth-order valence-corrected chi connectivity index (χ4v) is 3.09. The van der Waals surface area contributed by atoms with E-state index in [1.165, 1.54) is 30.4 Å². The summed E-state index contributed by atoms with van der Waals surface area (Å²) in [5.74, 6) is 0.0765. The number of nitrogens with one attached hydrogen (secondary N) is 2. The molecule has 0 saturated heterocycles. The van der Waals surface area contributed by atoms with Gasteiger partial charge in [-0.25, -0.2) is 0 Å². The van der Waals surface area contributed by atoms with Crippen molar-refractivity contribution in [3.05, 3.63) is 23.5 Å². The van der Waals surface area contributed by atoms with E-state index >= 15 is 0 Å². The number of hydrogen-bond donors (Lipinski definition) is 2. The van der Waals surface area contributed by atoms with Gasteiger partial charge < -0.3 is 15.2 Å². The monoisotopic (exact) mass is 291 g/mol. The van der Waals surface area contributed by atoms with Crippen molar-refractivity contribution in [3.63, 3.8) is 0 Å². The second-order valence-electron chi connectivity index (χ2n) is 7.07. The molecule has 0 saturated carbocycles. The van der Waals surface area contributed by atoms with Crippen molar-refractivity contribution in [3.8, 4) is 0 Å². The van der Waals surface area contributed by atoms with Crippen molar-refractivity contribution >= 4 is 5.91 Å². The molecule has 1 unspecified atom stereocenters. The number of hydrogen-bond acceptors (Lipinski definition) is 2. The average Bonchev–Trinajstić information content (AvgIpc) is 2.64. The molecule has 0 bridgehead atoms. The van der Waals surface area contributed by atoms with Crippen LogP contribution in [0.5, 0.6) is 0 Å². The predicted octanol–water partition coefficient (Wildman–Crippen LogP) is 2.78. The van der Waals surface area contributed by atoms with Gasteiger partial charge in [0.15, 0.2) is 0 Å². The number of aromatic nitrogens is 1. The highest BCUT2D eigenvalue weighted by Gasteiger charge is 2.21. The molecule has 4 nitrogen and oxygen atoms in total. The molecule has 1 heterocycles. The maximum atomic E-state index is 12.1. The van der Waals surface area contributed by atoms with Gasteiger partial charge in [-0.3, -0.25) is 4.79 Å². The zero-order valence-corrected chi connectivity index (χ0v) is 13.8. The van der Waals surface area contributed by atoms with Gasteiger partial charge in [-0.15, -0.1) is 0 Å². The zero-order valence-electron chi connectivity index (χ0n) is 13.8. The summed E-state index contributed by atoms with van der Waals surface area (Å²) in [6.07, 6.45) is 9.16. The lowest BCUT2D eigenvalue weighted by Crippen LogP contribution is -2.42. The molecule has 0 radical (unpaired) electrons. The summed E-state index contributed by atoms with van der Waals surface area (Å²) in [6, 6.07) is 0.444. The van der Waals surface area contributed by atoms with E-state index in [9.17, 15) is 4.79 Å². The van der Waals surface area contributed by atoms with Gasteiger partial charge in [0.1, 0.15) is 6.54 Å². The molecule has 1 amide bonds. The predicted molar refractivity (Wildman–Crippen MR) is 86.3 cm³/mol. The summed E-state index contributed by atoms with van der Waals surface area (Å²) in [5, 5.41) is 6.59. The molecule has 0 aromatic carbocycles. The van der Waals surface area contributed by atoms with Crippen LogP contribution in [0.2, 0.25) is 0 Å². The van der Waals surface area contributed by atoms with Crippen molar-refractivity contribution < 1.29 is 4.79 Å². The Balaban J connectivity index is 2.10. The Morgan fingerprint density at radius 3 is 2.76 bits per heavy atom. The van der Waals surface area contributed by atoms with Crippen LogP contribution in [0.3, 0.4) is 0 Å². The minimum absolute atomic E-state index is 0.0765. The number of carbonyl (C=O) groups is 1. The highest BCUT2D eigenvalue weighted by molar-refractivity contribution is 5.76. The molecule has 4 heteroatoms. The fraction of sp³-hybridized carbons (Fsp3) is 0.706. The molecule has 0 fully saturated rings. The lowest BCUT2D eigenvalue weighted by Gasteiger charge is -2.20. The van der Waals surface area contributed by atoms with Gasteiger partial charge in [-0.2, -0.15) is 0 Å². The van der Waals surface area contributed by atoms with Crippen LogP contribution in [0.25, 0.3) is 0 Å². The maximum Gasteiger partial charge on any atom is 0.240 e. The number of carbonyl (C=O) groups excluding carboxylic acids is 1. The van der Waals surface area contributed by atoms with Crippen LogP contribution in [0.15, 0.2) is 12.4 Å². The van der Waals surface area contributed by atoms with Gasteiger partial charge in [-0.1, -0.05) is 13.3 Å². The van der Waals surface area contributed by atoms with E-state index in [4.69, 9.17) is 0 Å². The summed E-state index contributed by atoms with van der Waals surface area (Å²) in [6.45, 7) is 9.58. The average molecular weight is 291 g/mol. The molecule has 2 rings (SSSR count). The lowest BCUT2D eigenvalue weighted by molar-refractivity contribution is -0.123. The van der Waals surface area contributed by atoms with Crippen LogP contribution >= 0.6 is 0 Å². The largest absolute Gasteiger partial charge is 0.350 e. The Labute approximate surface area is 128 Å². The van der Waals surface area contributed by atoms with Crippen LogP contribution in [0, 0.1) is 0 Å². The first-order valence-electron chi connectivity index (χ1n) is 8.12. The normalized spacial score (nSPS) is 19.0. The van der Waals surface area contributed by atoms with Gasteiger partial charge in [0.05, 0.1) is 0 Å². The Kier molecular flexibility index (Phi) is 5.09. The third-order valence-corrected chi connectivity index (χ3v) is 3.85. The van der Waals surface area contributed by atoms with Gasteiger partial charge in [0.2, 0.25) is 5.91 Å². The van der Waals surface area contributed by atoms with Crippen molar-refractivity contribution in [1.82, 2.24) is 15.2 Å². The molecule has 0 spiro atoms. The number of nitrogens with zero attached hydrogens (tertiary/aromatic N) is 1. The summed E-state index contributed by atoms with van der Waals surface area (Å²) < 4.78 is 2.04. The van der Waals surface area contributed by atoms with Crippen LogP contribution in [0.4, 0.5) is 0 Å². The highest BCUT2D eigenvalue weighted by Crippen LogP contribution is 2.29. The SMILES string of the molecule is CCNC1CCCCc2cn(CC(=O)NC(C)(C)C)cc21.